The molecule has 20 heavy (non-hydrogen) atoms. The van der Waals surface area contributed by atoms with Gasteiger partial charge >= 0.3 is 0 Å². The Morgan fingerprint density at radius 3 is 2.60 bits per heavy atom. The van der Waals surface area contributed by atoms with Gasteiger partial charge in [0.15, 0.2) is 0 Å². The zero-order valence-electron chi connectivity index (χ0n) is 10.3. The first-order valence-electron chi connectivity index (χ1n) is 5.67. The fourth-order valence-electron chi connectivity index (χ4n) is 1.65. The van der Waals surface area contributed by atoms with E-state index in [9.17, 15) is 12.8 Å². The number of anilines is 1. The summed E-state index contributed by atoms with van der Waals surface area (Å²) in [5, 5.41) is 8.01. The SMILES string of the molecule is NS(=O)(=O)c1cccc(NCc2ccc(Br)cc2F)c1. The van der Waals surface area contributed by atoms with Crippen LogP contribution in [-0.2, 0) is 16.6 Å². The van der Waals surface area contributed by atoms with Gasteiger partial charge in [0.2, 0.25) is 10.0 Å². The first kappa shape index (κ1) is 15.0. The molecule has 0 bridgehead atoms. The molecule has 2 aromatic carbocycles. The number of benzene rings is 2. The maximum Gasteiger partial charge on any atom is 0.238 e. The van der Waals surface area contributed by atoms with E-state index in [1.54, 1.807) is 24.3 Å². The van der Waals surface area contributed by atoms with E-state index in [0.29, 0.717) is 15.7 Å². The van der Waals surface area contributed by atoms with Gasteiger partial charge in [-0.2, -0.15) is 0 Å². The van der Waals surface area contributed by atoms with Crippen molar-refractivity contribution in [1.29, 1.82) is 0 Å². The molecule has 0 atom stereocenters. The number of sulfonamides is 1. The summed E-state index contributed by atoms with van der Waals surface area (Å²) in [6.45, 7) is 0.243. The van der Waals surface area contributed by atoms with Crippen LogP contribution in [0, 0.1) is 5.82 Å². The number of hydrogen-bond acceptors (Lipinski definition) is 3. The maximum atomic E-state index is 13.6. The summed E-state index contributed by atoms with van der Waals surface area (Å²) < 4.78 is 36.8. The molecule has 0 amide bonds. The summed E-state index contributed by atoms with van der Waals surface area (Å²) in [6.07, 6.45) is 0. The Kier molecular flexibility index (Phi) is 4.42. The molecule has 0 aliphatic carbocycles. The Morgan fingerprint density at radius 1 is 1.20 bits per heavy atom. The molecule has 4 nitrogen and oxygen atoms in total. The Morgan fingerprint density at radius 2 is 1.95 bits per heavy atom. The van der Waals surface area contributed by atoms with Gasteiger partial charge in [-0.3, -0.25) is 0 Å². The second kappa shape index (κ2) is 5.90. The Bertz CT molecular complexity index is 735. The zero-order chi connectivity index (χ0) is 14.8. The van der Waals surface area contributed by atoms with E-state index in [0.717, 1.165) is 0 Å². The number of nitrogens with two attached hydrogens (primary N) is 1. The fourth-order valence-corrected chi connectivity index (χ4v) is 2.54. The van der Waals surface area contributed by atoms with Crippen molar-refractivity contribution in [3.05, 3.63) is 58.3 Å². The molecule has 0 aliphatic heterocycles. The molecule has 0 fully saturated rings. The van der Waals surface area contributed by atoms with Gasteiger partial charge in [0.05, 0.1) is 4.90 Å². The van der Waals surface area contributed by atoms with E-state index in [4.69, 9.17) is 5.14 Å². The third-order valence-electron chi connectivity index (χ3n) is 2.66. The van der Waals surface area contributed by atoms with Crippen LogP contribution in [-0.4, -0.2) is 8.42 Å². The lowest BCUT2D eigenvalue weighted by Crippen LogP contribution is -2.12. The predicted molar refractivity (Wildman–Crippen MR) is 79.2 cm³/mol. The highest BCUT2D eigenvalue weighted by molar-refractivity contribution is 9.10. The predicted octanol–water partition coefficient (Wildman–Crippen LogP) is 2.85. The van der Waals surface area contributed by atoms with Crippen molar-refractivity contribution in [2.45, 2.75) is 11.4 Å². The van der Waals surface area contributed by atoms with E-state index in [1.165, 1.54) is 18.2 Å². The minimum atomic E-state index is -3.74. The molecule has 0 aliphatic rings. The van der Waals surface area contributed by atoms with Crippen molar-refractivity contribution in [2.24, 2.45) is 5.14 Å². The lowest BCUT2D eigenvalue weighted by atomic mass is 10.2. The quantitative estimate of drug-likeness (QED) is 0.882. The van der Waals surface area contributed by atoms with E-state index < -0.39 is 10.0 Å². The summed E-state index contributed by atoms with van der Waals surface area (Å²) in [4.78, 5) is 0.0128. The summed E-state index contributed by atoms with van der Waals surface area (Å²) >= 11 is 3.18. The van der Waals surface area contributed by atoms with Crippen molar-refractivity contribution in [3.63, 3.8) is 0 Å². The van der Waals surface area contributed by atoms with Crippen LogP contribution >= 0.6 is 15.9 Å². The third kappa shape index (κ3) is 3.78. The van der Waals surface area contributed by atoms with E-state index in [1.807, 2.05) is 0 Å². The van der Waals surface area contributed by atoms with Crippen LogP contribution in [0.15, 0.2) is 51.8 Å². The van der Waals surface area contributed by atoms with Crippen LogP contribution in [0.1, 0.15) is 5.56 Å². The Labute approximate surface area is 125 Å². The number of hydrogen-bond donors (Lipinski definition) is 2. The number of halogens is 2. The first-order valence-corrected chi connectivity index (χ1v) is 8.01. The molecule has 2 rings (SSSR count). The summed E-state index contributed by atoms with van der Waals surface area (Å²) in [5.74, 6) is -0.338. The molecule has 0 saturated heterocycles. The summed E-state index contributed by atoms with van der Waals surface area (Å²) in [5.41, 5.74) is 1.04. The van der Waals surface area contributed by atoms with Crippen LogP contribution in [0.3, 0.4) is 0 Å². The van der Waals surface area contributed by atoms with Crippen LogP contribution in [0.4, 0.5) is 10.1 Å². The van der Waals surface area contributed by atoms with Gasteiger partial charge in [-0.25, -0.2) is 17.9 Å². The molecule has 7 heteroatoms. The minimum absolute atomic E-state index is 0.0128. The van der Waals surface area contributed by atoms with Gasteiger partial charge in [0.25, 0.3) is 0 Å². The monoisotopic (exact) mass is 358 g/mol. The van der Waals surface area contributed by atoms with Gasteiger partial charge in [-0.05, 0) is 30.3 Å². The second-order valence-electron chi connectivity index (χ2n) is 4.16. The summed E-state index contributed by atoms with van der Waals surface area (Å²) in [7, 11) is -3.74. The largest absolute Gasteiger partial charge is 0.381 e. The molecule has 0 heterocycles. The van der Waals surface area contributed by atoms with Gasteiger partial charge < -0.3 is 5.32 Å². The first-order chi connectivity index (χ1) is 9.36. The molecule has 0 saturated carbocycles. The molecule has 0 aromatic heterocycles. The molecular formula is C13H12BrFN2O2S. The lowest BCUT2D eigenvalue weighted by molar-refractivity contribution is 0.597. The lowest BCUT2D eigenvalue weighted by Gasteiger charge is -2.09. The fraction of sp³-hybridized carbons (Fsp3) is 0.0769. The minimum Gasteiger partial charge on any atom is -0.381 e. The van der Waals surface area contributed by atoms with Gasteiger partial charge in [-0.1, -0.05) is 28.1 Å². The standard InChI is InChI=1S/C13H12BrFN2O2S/c14-10-5-4-9(13(15)6-10)8-17-11-2-1-3-12(7-11)20(16,18)19/h1-7,17H,8H2,(H2,16,18,19). The number of rotatable bonds is 4. The van der Waals surface area contributed by atoms with E-state index in [2.05, 4.69) is 21.2 Å². The summed E-state index contributed by atoms with van der Waals surface area (Å²) in [6, 6.07) is 10.8. The van der Waals surface area contributed by atoms with Crippen molar-refractivity contribution in [2.75, 3.05) is 5.32 Å². The molecule has 0 spiro atoms. The van der Waals surface area contributed by atoms with Gasteiger partial charge in [0.1, 0.15) is 5.82 Å². The Hall–Kier alpha value is -1.44. The highest BCUT2D eigenvalue weighted by Crippen LogP contribution is 2.18. The third-order valence-corrected chi connectivity index (χ3v) is 4.06. The number of nitrogens with one attached hydrogen (secondary N) is 1. The van der Waals surface area contributed by atoms with Crippen molar-refractivity contribution in [1.82, 2.24) is 0 Å². The van der Waals surface area contributed by atoms with Crippen molar-refractivity contribution >= 4 is 31.6 Å². The normalized spacial score (nSPS) is 11.3. The smallest absolute Gasteiger partial charge is 0.238 e. The Balaban J connectivity index is 2.15. The van der Waals surface area contributed by atoms with Crippen LogP contribution in [0.5, 0.6) is 0 Å². The van der Waals surface area contributed by atoms with Crippen LogP contribution in [0.2, 0.25) is 0 Å². The molecule has 0 radical (unpaired) electrons. The van der Waals surface area contributed by atoms with Gasteiger partial charge in [-0.15, -0.1) is 0 Å². The second-order valence-corrected chi connectivity index (χ2v) is 6.64. The maximum absolute atomic E-state index is 13.6. The van der Waals surface area contributed by atoms with Crippen LogP contribution in [0.25, 0.3) is 0 Å². The molecule has 3 N–H and O–H groups in total. The average molecular weight is 359 g/mol. The van der Waals surface area contributed by atoms with E-state index >= 15 is 0 Å². The van der Waals surface area contributed by atoms with Crippen molar-refractivity contribution in [3.8, 4) is 0 Å². The molecule has 0 unspecified atom stereocenters. The average Bonchev–Trinajstić information content (AvgIpc) is 2.37. The highest BCUT2D eigenvalue weighted by Gasteiger charge is 2.08. The highest BCUT2D eigenvalue weighted by atomic mass is 79.9. The van der Waals surface area contributed by atoms with Crippen molar-refractivity contribution < 1.29 is 12.8 Å². The topological polar surface area (TPSA) is 72.2 Å². The zero-order valence-corrected chi connectivity index (χ0v) is 12.7. The molecule has 2 aromatic rings. The van der Waals surface area contributed by atoms with Crippen LogP contribution < -0.4 is 10.5 Å². The molecular weight excluding hydrogens is 347 g/mol. The van der Waals surface area contributed by atoms with Gasteiger partial charge in [0, 0.05) is 22.3 Å². The number of primary sulfonamides is 1. The molecule has 106 valence electrons. The van der Waals surface area contributed by atoms with E-state index in [-0.39, 0.29) is 17.3 Å².